The van der Waals surface area contributed by atoms with Gasteiger partial charge in [-0.05, 0) is 38.5 Å². The van der Waals surface area contributed by atoms with Crippen molar-refractivity contribution in [2.24, 2.45) is 0 Å². The summed E-state index contributed by atoms with van der Waals surface area (Å²) >= 11 is 0. The third-order valence-corrected chi connectivity index (χ3v) is 17.1. The van der Waals surface area contributed by atoms with Gasteiger partial charge in [-0.2, -0.15) is 0 Å². The van der Waals surface area contributed by atoms with Gasteiger partial charge in [0.2, 0.25) is 29.5 Å². The maximum Gasteiger partial charge on any atom is 0.333 e. The Hall–Kier alpha value is -5.04. The van der Waals surface area contributed by atoms with Gasteiger partial charge in [0.25, 0.3) is 11.8 Å². The zero-order chi connectivity index (χ0) is 73.6. The molecule has 0 aromatic heterocycles. The summed E-state index contributed by atoms with van der Waals surface area (Å²) in [5.41, 5.74) is 0. The Bertz CT molecular complexity index is 2270. The molecule has 5 fully saturated rings. The molecule has 100 heavy (non-hydrogen) atoms. The molecule has 0 saturated carbocycles. The van der Waals surface area contributed by atoms with Crippen molar-refractivity contribution >= 4 is 47.3 Å². The number of aliphatic hydroxyl groups is 16. The van der Waals surface area contributed by atoms with E-state index in [0.29, 0.717) is 50.0 Å². The summed E-state index contributed by atoms with van der Waals surface area (Å²) in [7, 11) is 0. The highest BCUT2D eigenvalue weighted by molar-refractivity contribution is 6.01. The van der Waals surface area contributed by atoms with Gasteiger partial charge >= 0.3 is 5.97 Å². The number of imide groups is 1. The Balaban J connectivity index is 1.10. The van der Waals surface area contributed by atoms with E-state index >= 15 is 0 Å². The Morgan fingerprint density at radius 1 is 0.380 bits per heavy atom. The van der Waals surface area contributed by atoms with Crippen LogP contribution in [0.3, 0.4) is 0 Å². The van der Waals surface area contributed by atoms with E-state index in [1.54, 1.807) is 0 Å². The number of carbonyl (C=O) groups excluding carboxylic acids is 8. The first-order chi connectivity index (χ1) is 47.7. The molecule has 5 rings (SSSR count). The first-order valence-corrected chi connectivity index (χ1v) is 33.6. The number of rotatable bonds is 45. The van der Waals surface area contributed by atoms with Crippen LogP contribution in [0, 0.1) is 0 Å². The number of amides is 7. The van der Waals surface area contributed by atoms with E-state index in [4.69, 9.17) is 42.7 Å². The minimum Gasteiger partial charge on any atom is -0.394 e. The summed E-state index contributed by atoms with van der Waals surface area (Å²) < 4.78 is 43.9. The number of hydrogen-bond acceptors (Lipinski definition) is 34. The summed E-state index contributed by atoms with van der Waals surface area (Å²) in [4.78, 5) is 112. The van der Waals surface area contributed by atoms with E-state index in [1.165, 1.54) is 14.7 Å². The summed E-state index contributed by atoms with van der Waals surface area (Å²) in [5.74, 6) is -4.55. The van der Waals surface area contributed by atoms with E-state index in [-0.39, 0.29) is 117 Å². The summed E-state index contributed by atoms with van der Waals surface area (Å²) in [5, 5.41) is 170. The third kappa shape index (κ3) is 26.9. The highest BCUT2D eigenvalue weighted by Gasteiger charge is 2.48. The van der Waals surface area contributed by atoms with Gasteiger partial charge in [-0.15, -0.1) is 5.06 Å². The maximum absolute atomic E-state index is 13.6. The van der Waals surface area contributed by atoms with Crippen molar-refractivity contribution in [2.45, 2.75) is 213 Å². The molecule has 5 heterocycles. The van der Waals surface area contributed by atoms with Crippen molar-refractivity contribution in [3.63, 3.8) is 0 Å². The lowest BCUT2D eigenvalue weighted by Crippen LogP contribution is -2.59. The molecule has 20 atom stereocenters. The van der Waals surface area contributed by atoms with Crippen molar-refractivity contribution in [2.75, 3.05) is 118 Å². The van der Waals surface area contributed by atoms with Crippen LogP contribution in [0.5, 0.6) is 0 Å². The molecule has 0 aromatic carbocycles. The predicted molar refractivity (Wildman–Crippen MR) is 330 cm³/mol. The Labute approximate surface area is 575 Å². The van der Waals surface area contributed by atoms with Crippen LogP contribution in [0.1, 0.15) is 89.9 Å². The van der Waals surface area contributed by atoms with Gasteiger partial charge in [0.15, 0.2) is 25.2 Å². The Morgan fingerprint density at radius 3 is 0.920 bits per heavy atom. The number of nitrogens with zero attached hydrogens (tertiary/aromatic N) is 4. The smallest absolute Gasteiger partial charge is 0.333 e. The lowest BCUT2D eigenvalue weighted by Gasteiger charge is -2.40. The Morgan fingerprint density at radius 2 is 0.650 bits per heavy atom. The van der Waals surface area contributed by atoms with Crippen LogP contribution in [0.4, 0.5) is 0 Å². The molecule has 5 saturated heterocycles. The molecule has 5 aliphatic rings. The van der Waals surface area contributed by atoms with E-state index in [0.717, 1.165) is 0 Å². The standard InChI is InChI=1S/C60H103N7O33/c68-29-33-45(80)49(84)53(88)57(96-33)92-22-18-65(19-23-93-58-54(89)50(85)46(81)34(30-69)97-58)40(75)10-4-1-7-15-61-37(72)26-64(28-39(74)63-17-9-3-6-12-44(79)100-67-42(77)13-14-43(67)78)27-38(73)62-16-8-2-5-11-41(76)66(20-24-94-59-55(90)51(86)47(82)35(31-70)98-59)21-25-95-60-56(91)52(87)48(83)36(32-71)99-60/h33-36,45-60,68-71,80-91H,1-32H2,(H,61,72)(H,62,73)(H,63,74)/t33-,34-,35-,36-,45-,46-,47-,48-,49+,50+,51+,52+,53+,54+,55+,56+,57-,58+,59-,60+/m1/s1. The summed E-state index contributed by atoms with van der Waals surface area (Å²) in [6, 6.07) is 0. The largest absolute Gasteiger partial charge is 0.394 e. The monoisotopic (exact) mass is 1450 g/mol. The number of ether oxygens (including phenoxy) is 8. The number of aliphatic hydroxyl groups excluding tert-OH is 16. The fourth-order valence-electron chi connectivity index (χ4n) is 11.1. The van der Waals surface area contributed by atoms with Gasteiger partial charge in [0.1, 0.15) is 97.7 Å². The molecule has 576 valence electrons. The Kier molecular flexibility index (Phi) is 38.2. The highest BCUT2D eigenvalue weighted by Crippen LogP contribution is 2.26. The fraction of sp³-hybridized carbons (Fsp3) is 0.867. The molecular formula is C60H103N7O33. The molecule has 19 N–H and O–H groups in total. The normalized spacial score (nSPS) is 30.9. The van der Waals surface area contributed by atoms with Gasteiger partial charge < -0.3 is 150 Å². The van der Waals surface area contributed by atoms with Crippen molar-refractivity contribution in [1.82, 2.24) is 35.7 Å². The van der Waals surface area contributed by atoms with Gasteiger partial charge in [0.05, 0.1) is 72.5 Å². The predicted octanol–water partition coefficient (Wildman–Crippen LogP) is -11.2. The molecule has 0 radical (unpaired) electrons. The van der Waals surface area contributed by atoms with E-state index in [9.17, 15) is 120 Å². The third-order valence-electron chi connectivity index (χ3n) is 17.1. The van der Waals surface area contributed by atoms with Gasteiger partial charge in [-0.1, -0.05) is 19.3 Å². The zero-order valence-electron chi connectivity index (χ0n) is 55.6. The van der Waals surface area contributed by atoms with E-state index in [1.807, 2.05) is 0 Å². The van der Waals surface area contributed by atoms with Crippen LogP contribution in [0.2, 0.25) is 0 Å². The number of unbranched alkanes of at least 4 members (excludes halogenated alkanes) is 6. The van der Waals surface area contributed by atoms with Crippen molar-refractivity contribution in [3.05, 3.63) is 0 Å². The van der Waals surface area contributed by atoms with Crippen LogP contribution in [-0.2, 0) is 81.1 Å². The molecular weight excluding hydrogens is 1350 g/mol. The quantitative estimate of drug-likeness (QED) is 0.0199. The lowest BCUT2D eigenvalue weighted by molar-refractivity contribution is -0.303. The second-order valence-corrected chi connectivity index (χ2v) is 24.7. The molecule has 0 aliphatic carbocycles. The minimum absolute atomic E-state index is 0.0526. The van der Waals surface area contributed by atoms with E-state index in [2.05, 4.69) is 16.0 Å². The van der Waals surface area contributed by atoms with Crippen LogP contribution < -0.4 is 16.0 Å². The maximum atomic E-state index is 13.6. The van der Waals surface area contributed by atoms with Crippen molar-refractivity contribution in [3.8, 4) is 0 Å². The van der Waals surface area contributed by atoms with Crippen LogP contribution in [-0.4, -0.2) is 390 Å². The first-order valence-electron chi connectivity index (χ1n) is 33.6. The highest BCUT2D eigenvalue weighted by atomic mass is 16.7. The van der Waals surface area contributed by atoms with Crippen LogP contribution in [0.25, 0.3) is 0 Å². The lowest BCUT2D eigenvalue weighted by atomic mass is 9.99. The zero-order valence-corrected chi connectivity index (χ0v) is 55.6. The number of hydroxylamine groups is 2. The molecule has 40 heteroatoms. The van der Waals surface area contributed by atoms with Gasteiger partial charge in [-0.3, -0.25) is 38.5 Å². The fourth-order valence-corrected chi connectivity index (χ4v) is 11.1. The molecule has 40 nitrogen and oxygen atoms in total. The van der Waals surface area contributed by atoms with Crippen molar-refractivity contribution < 1.29 is 163 Å². The van der Waals surface area contributed by atoms with E-state index < -0.39 is 216 Å². The number of nitrogens with one attached hydrogen (secondary N) is 3. The summed E-state index contributed by atoms with van der Waals surface area (Å²) in [6.45, 7) is -5.61. The number of carbonyl (C=O) groups is 8. The molecule has 0 aromatic rings. The van der Waals surface area contributed by atoms with Gasteiger partial charge in [0, 0.05) is 77.9 Å². The van der Waals surface area contributed by atoms with Crippen LogP contribution in [0.15, 0.2) is 0 Å². The molecule has 0 bridgehead atoms. The number of hydrogen-bond donors (Lipinski definition) is 19. The van der Waals surface area contributed by atoms with Crippen LogP contribution >= 0.6 is 0 Å². The minimum atomic E-state index is -1.73. The topological polar surface area (TPSA) is 592 Å². The van der Waals surface area contributed by atoms with Gasteiger partial charge in [-0.25, -0.2) is 4.79 Å². The molecule has 0 unspecified atom stereocenters. The molecule has 5 aliphatic heterocycles. The second-order valence-electron chi connectivity index (χ2n) is 24.7. The van der Waals surface area contributed by atoms with Crippen molar-refractivity contribution in [1.29, 1.82) is 0 Å². The molecule has 7 amide bonds. The second kappa shape index (κ2) is 44.6. The molecule has 0 spiro atoms. The average molecular weight is 1450 g/mol. The summed E-state index contributed by atoms with van der Waals surface area (Å²) in [6.07, 6.45) is -28.6. The average Bonchev–Trinajstić information content (AvgIpc) is 1.20. The first kappa shape index (κ1) is 85.6. The SMILES string of the molecule is O=C(CN(CC(=O)NCCCCCC(=O)N(CCO[C@@H]1O[C@H](CO)[C@@H](O)[C@H](O)[C@@H]1O)CCO[C@H]1O[C@H](CO)[C@@H](O)[C@H](O)[C@@H]1O)CC(=O)NCCCCCC(=O)N(CCO[C@@H]1O[C@H](CO)[C@@H](O)[C@H](O)[C@@H]1O)CCO[C@H]1O[C@H](CO)[C@@H](O)[C@H](O)[C@@H]1O)NCCCCCC(=O)ON1C(=O)CCC1=O.